The molecule has 6 aromatic carbocycles. The van der Waals surface area contributed by atoms with Crippen LogP contribution in [0.4, 0.5) is 87.8 Å². The number of hydrogen-bond donors (Lipinski definition) is 1. The Kier molecular flexibility index (Phi) is 12.7. The molecule has 7 aromatic rings. The number of fused-ring (bicyclic) bond motifs is 1. The van der Waals surface area contributed by atoms with E-state index in [1.54, 1.807) is 6.07 Å². The van der Waals surface area contributed by atoms with Crippen LogP contribution in [-0.2, 0) is 6.54 Å². The number of carbonyl (C=O) groups is 1. The first-order valence-corrected chi connectivity index (χ1v) is 17.4. The summed E-state index contributed by atoms with van der Waals surface area (Å²) in [6, 6.07) is 21.7. The maximum Gasteiger partial charge on any atom is 0.313 e. The monoisotopic (exact) mass is 942 g/mol. The Bertz CT molecular complexity index is 2730. The molecule has 0 bridgehead atoms. The molecule has 3 nitrogen and oxygen atoms in total. The molecule has 0 atom stereocenters. The number of primary amides is 1. The highest BCUT2D eigenvalue weighted by atomic mass is 19.2. The molecule has 0 saturated carbocycles. The van der Waals surface area contributed by atoms with Gasteiger partial charge in [-0.15, -0.1) is 21.9 Å². The van der Waals surface area contributed by atoms with Crippen LogP contribution in [0.1, 0.15) is 16.1 Å². The van der Waals surface area contributed by atoms with E-state index in [-0.39, 0.29) is 0 Å². The summed E-state index contributed by atoms with van der Waals surface area (Å²) in [6.45, 7) is 0.625. The molecule has 0 aliphatic heterocycles. The fraction of sp³-hybridized carbons (Fsp3) is 0.0244. The number of halogens is 20. The molecule has 338 valence electrons. The van der Waals surface area contributed by atoms with Crippen molar-refractivity contribution >= 4 is 44.8 Å². The molecule has 2 N–H and O–H groups in total. The summed E-state index contributed by atoms with van der Waals surface area (Å²) in [4.78, 5) is 11.7. The first kappa shape index (κ1) is 47.3. The van der Waals surface area contributed by atoms with Gasteiger partial charge in [0.25, 0.3) is 5.69 Å². The molecule has 0 spiro atoms. The third-order valence-electron chi connectivity index (χ3n) is 10.1. The Hall–Kier alpha value is -7.14. The van der Waals surface area contributed by atoms with Crippen LogP contribution in [0.25, 0.3) is 10.9 Å². The van der Waals surface area contributed by atoms with Gasteiger partial charge in [0.05, 0.1) is 0 Å². The lowest BCUT2D eigenvalue weighted by atomic mass is 9.12. The summed E-state index contributed by atoms with van der Waals surface area (Å²) in [7, 11) is 0. The van der Waals surface area contributed by atoms with Crippen molar-refractivity contribution in [2.75, 3.05) is 0 Å². The van der Waals surface area contributed by atoms with Crippen LogP contribution in [0.15, 0.2) is 66.7 Å². The van der Waals surface area contributed by atoms with Crippen molar-refractivity contribution in [3.8, 4) is 0 Å². The van der Waals surface area contributed by atoms with Crippen molar-refractivity contribution < 1.29 is 97.2 Å². The van der Waals surface area contributed by atoms with Crippen LogP contribution in [-0.4, -0.2) is 12.1 Å². The number of nitrogens with two attached hydrogens (primary N) is 1. The fourth-order valence-corrected chi connectivity index (χ4v) is 7.29. The van der Waals surface area contributed by atoms with Crippen LogP contribution in [0, 0.1) is 116 Å². The molecule has 7 rings (SSSR count). The minimum atomic E-state index is -7.22. The van der Waals surface area contributed by atoms with Gasteiger partial charge in [0.2, 0.25) is 5.52 Å². The minimum Gasteiger partial charge on any atom is -0.360 e. The van der Waals surface area contributed by atoms with E-state index in [1.807, 2.05) is 65.2 Å². The number of pyridine rings is 1. The quantitative estimate of drug-likeness (QED) is 0.0568. The molecule has 0 aliphatic rings. The second kappa shape index (κ2) is 17.4. The largest absolute Gasteiger partial charge is 0.360 e. The van der Waals surface area contributed by atoms with Crippen LogP contribution in [0.2, 0.25) is 0 Å². The summed E-state index contributed by atoms with van der Waals surface area (Å²) in [5.74, 6) is -71.8. The summed E-state index contributed by atoms with van der Waals surface area (Å²) in [5, 5.41) is 1.09. The van der Waals surface area contributed by atoms with Crippen LogP contribution in [0.3, 0.4) is 0 Å². The zero-order valence-electron chi connectivity index (χ0n) is 31.1. The highest BCUT2D eigenvalue weighted by Crippen LogP contribution is 2.31. The van der Waals surface area contributed by atoms with E-state index in [9.17, 15) is 57.5 Å². The molecule has 0 saturated heterocycles. The van der Waals surface area contributed by atoms with Crippen molar-refractivity contribution in [2.24, 2.45) is 5.73 Å². The van der Waals surface area contributed by atoms with E-state index in [0.717, 1.165) is 16.5 Å². The Morgan fingerprint density at radius 2 is 0.646 bits per heavy atom. The lowest BCUT2D eigenvalue weighted by Crippen LogP contribution is -2.81. The molecule has 65 heavy (non-hydrogen) atoms. The van der Waals surface area contributed by atoms with Gasteiger partial charge in [-0.3, -0.25) is 4.79 Å². The van der Waals surface area contributed by atoms with Crippen molar-refractivity contribution in [2.45, 2.75) is 6.54 Å². The van der Waals surface area contributed by atoms with Gasteiger partial charge >= 0.3 is 5.91 Å². The zero-order chi connectivity index (χ0) is 48.3. The second-order valence-corrected chi connectivity index (χ2v) is 13.5. The number of aromatic nitrogens is 1. The number of nitrogens with zero attached hydrogens (tertiary/aromatic N) is 1. The summed E-state index contributed by atoms with van der Waals surface area (Å²) in [6.07, 6.45) is -7.22. The molecule has 1 heterocycles. The topological polar surface area (TPSA) is 47.0 Å². The predicted octanol–water partition coefficient (Wildman–Crippen LogP) is 8.12. The van der Waals surface area contributed by atoms with Gasteiger partial charge in [-0.2, -0.15) is 4.57 Å². The third kappa shape index (κ3) is 7.33. The average Bonchev–Trinajstić information content (AvgIpc) is 3.29. The van der Waals surface area contributed by atoms with Crippen molar-refractivity contribution in [3.63, 3.8) is 0 Å². The zero-order valence-corrected chi connectivity index (χ0v) is 31.1. The summed E-state index contributed by atoms with van der Waals surface area (Å²) < 4.78 is 296. The van der Waals surface area contributed by atoms with E-state index in [1.165, 1.54) is 0 Å². The van der Waals surface area contributed by atoms with Gasteiger partial charge in [0.15, 0.2) is 76.4 Å². The van der Waals surface area contributed by atoms with Gasteiger partial charge in [0, 0.05) is 23.1 Å². The fourth-order valence-electron chi connectivity index (χ4n) is 7.29. The van der Waals surface area contributed by atoms with Crippen LogP contribution < -0.4 is 32.2 Å². The number of benzene rings is 6. The van der Waals surface area contributed by atoms with Crippen LogP contribution >= 0.6 is 0 Å². The van der Waals surface area contributed by atoms with Crippen molar-refractivity contribution in [3.05, 3.63) is 194 Å². The maximum atomic E-state index is 15.4. The Morgan fingerprint density at radius 1 is 0.369 bits per heavy atom. The van der Waals surface area contributed by atoms with Crippen molar-refractivity contribution in [1.82, 2.24) is 0 Å². The lowest BCUT2D eigenvalue weighted by molar-refractivity contribution is -0.664. The number of carbonyl (C=O) groups excluding carboxylic acids is 1. The smallest absolute Gasteiger partial charge is 0.313 e. The Balaban J connectivity index is 0.000000289. The second-order valence-electron chi connectivity index (χ2n) is 13.5. The molecular formula is C41H15BF20N2O. The van der Waals surface area contributed by atoms with E-state index in [2.05, 4.69) is 0 Å². The summed E-state index contributed by atoms with van der Waals surface area (Å²) in [5.41, 5.74) is -6.17. The van der Waals surface area contributed by atoms with Gasteiger partial charge in [-0.25, -0.2) is 87.8 Å². The van der Waals surface area contributed by atoms with Crippen LogP contribution in [0.5, 0.6) is 0 Å². The lowest BCUT2D eigenvalue weighted by Gasteiger charge is -2.44. The third-order valence-corrected chi connectivity index (χ3v) is 10.1. The minimum absolute atomic E-state index is 0.410. The maximum absolute atomic E-state index is 15.4. The normalized spacial score (nSPS) is 11.6. The first-order chi connectivity index (χ1) is 30.5. The van der Waals surface area contributed by atoms with Gasteiger partial charge in [0.1, 0.15) is 52.7 Å². The number of rotatable bonds is 7. The first-order valence-electron chi connectivity index (χ1n) is 17.4. The Labute approximate surface area is 348 Å². The van der Waals surface area contributed by atoms with Crippen molar-refractivity contribution in [1.29, 1.82) is 0 Å². The molecule has 0 fully saturated rings. The van der Waals surface area contributed by atoms with E-state index in [4.69, 9.17) is 5.73 Å². The molecule has 0 unspecified atom stereocenters. The highest BCUT2D eigenvalue weighted by molar-refractivity contribution is 7.20. The molecule has 1 aromatic heterocycles. The average molecular weight is 942 g/mol. The van der Waals surface area contributed by atoms with E-state index in [0.29, 0.717) is 12.2 Å². The summed E-state index contributed by atoms with van der Waals surface area (Å²) >= 11 is 0. The van der Waals surface area contributed by atoms with Gasteiger partial charge in [-0.05, 0) is 12.1 Å². The van der Waals surface area contributed by atoms with E-state index >= 15 is 35.1 Å². The molecule has 24 heteroatoms. The SMILES string of the molecule is Fc1c(F)c(F)c([B-](c2c(F)c(F)c(F)c(F)c2F)(c2c(F)c(F)c(F)c(F)c2F)c2c(F)c(F)c(F)c(F)c2F)c(F)c1F.NC(=O)c1ccc2ccccc2[n+]1Cc1ccccc1. The molecule has 0 radical (unpaired) electrons. The van der Waals surface area contributed by atoms with E-state index < -0.39 is 150 Å². The number of amides is 1. The number of para-hydroxylation sites is 1. The standard InChI is InChI=1S/C24BF20.C17H14N2O/c26-5-1(6(27)14(35)21(42)13(5)34)25(2-7(28)15(36)22(43)16(37)8(2)29,3-9(30)17(38)23(44)18(39)10(3)31)4-11(32)19(40)24(45)20(41)12(4)33;18-17(20)16-11-10-14-8-4-5-9-15(14)19(16)12-13-6-2-1-3-7-13/h;1-11H,12H2,(H-,18,20)/q-1;/p+1. The van der Waals surface area contributed by atoms with Gasteiger partial charge < -0.3 is 5.73 Å². The predicted molar refractivity (Wildman–Crippen MR) is 187 cm³/mol. The Morgan fingerprint density at radius 3 is 0.954 bits per heavy atom. The molecular weight excluding hydrogens is 927 g/mol. The van der Waals surface area contributed by atoms with Gasteiger partial charge in [-0.1, -0.05) is 42.5 Å². The molecule has 1 amide bonds. The highest BCUT2D eigenvalue weighted by Gasteiger charge is 2.52. The number of hydrogen-bond acceptors (Lipinski definition) is 1. The molecule has 0 aliphatic carbocycles.